The van der Waals surface area contributed by atoms with Gasteiger partial charge in [0.1, 0.15) is 12.2 Å². The van der Waals surface area contributed by atoms with Crippen molar-refractivity contribution in [1.29, 1.82) is 0 Å². The molecule has 0 amide bonds. The van der Waals surface area contributed by atoms with Gasteiger partial charge < -0.3 is 9.47 Å². The van der Waals surface area contributed by atoms with Crippen molar-refractivity contribution in [3.05, 3.63) is 35.9 Å². The molecule has 4 heteroatoms. The van der Waals surface area contributed by atoms with E-state index in [4.69, 9.17) is 9.47 Å². The monoisotopic (exact) mass is 320 g/mol. The number of carbonyl (C=O) groups excluding carboxylic acids is 2. The van der Waals surface area contributed by atoms with Crippen molar-refractivity contribution < 1.29 is 19.1 Å². The molecule has 0 aliphatic carbocycles. The Morgan fingerprint density at radius 1 is 1.00 bits per heavy atom. The molecule has 4 nitrogen and oxygen atoms in total. The summed E-state index contributed by atoms with van der Waals surface area (Å²) in [5, 5.41) is 0. The highest BCUT2D eigenvalue weighted by Gasteiger charge is 2.46. The van der Waals surface area contributed by atoms with E-state index in [1.807, 2.05) is 44.2 Å². The molecule has 0 saturated carbocycles. The Kier molecular flexibility index (Phi) is 6.37. The lowest BCUT2D eigenvalue weighted by molar-refractivity contribution is -0.180. The normalized spacial score (nSPS) is 14.2. The molecule has 0 aromatic heterocycles. The van der Waals surface area contributed by atoms with Gasteiger partial charge in [-0.05, 0) is 45.6 Å². The Morgan fingerprint density at radius 3 is 2.04 bits per heavy atom. The van der Waals surface area contributed by atoms with Crippen LogP contribution in [0.5, 0.6) is 0 Å². The average Bonchev–Trinajstić information content (AvgIpc) is 2.43. The highest BCUT2D eigenvalue weighted by molar-refractivity contribution is 5.99. The van der Waals surface area contributed by atoms with E-state index in [9.17, 15) is 9.59 Å². The van der Waals surface area contributed by atoms with Crippen molar-refractivity contribution >= 4 is 11.9 Å². The van der Waals surface area contributed by atoms with Crippen LogP contribution >= 0.6 is 0 Å². The minimum Gasteiger partial charge on any atom is -0.460 e. The molecule has 1 atom stereocenters. The van der Waals surface area contributed by atoms with E-state index < -0.39 is 23.0 Å². The summed E-state index contributed by atoms with van der Waals surface area (Å²) in [4.78, 5) is 25.1. The van der Waals surface area contributed by atoms with E-state index in [2.05, 4.69) is 0 Å². The quantitative estimate of drug-likeness (QED) is 0.584. The van der Waals surface area contributed by atoms with E-state index in [-0.39, 0.29) is 12.5 Å². The number of carbonyl (C=O) groups is 2. The maximum atomic E-state index is 12.6. The van der Waals surface area contributed by atoms with Crippen LogP contribution in [0.15, 0.2) is 30.3 Å². The predicted octanol–water partition coefficient (Wildman–Crippen LogP) is 4.12. The molecule has 0 spiro atoms. The van der Waals surface area contributed by atoms with Gasteiger partial charge in [0.25, 0.3) is 0 Å². The van der Waals surface area contributed by atoms with Gasteiger partial charge in [0.2, 0.25) is 0 Å². The largest absolute Gasteiger partial charge is 0.460 e. The first-order valence-corrected chi connectivity index (χ1v) is 7.99. The Labute approximate surface area is 139 Å². The minimum absolute atomic E-state index is 0.149. The van der Waals surface area contributed by atoms with E-state index >= 15 is 0 Å². The van der Waals surface area contributed by atoms with Crippen LogP contribution in [0.25, 0.3) is 0 Å². The second kappa shape index (κ2) is 7.62. The molecule has 1 aromatic rings. The molecule has 0 unspecified atom stereocenters. The lowest BCUT2D eigenvalue weighted by atomic mass is 9.82. The molecule has 0 radical (unpaired) electrons. The second-order valence-electron chi connectivity index (χ2n) is 7.49. The van der Waals surface area contributed by atoms with Crippen molar-refractivity contribution in [1.82, 2.24) is 0 Å². The summed E-state index contributed by atoms with van der Waals surface area (Å²) in [6.07, 6.45) is 0.384. The summed E-state index contributed by atoms with van der Waals surface area (Å²) < 4.78 is 10.8. The molecule has 23 heavy (non-hydrogen) atoms. The first-order valence-electron chi connectivity index (χ1n) is 7.99. The molecule has 1 rings (SSSR count). The summed E-state index contributed by atoms with van der Waals surface area (Å²) in [6.45, 7) is 11.0. The van der Waals surface area contributed by atoms with Gasteiger partial charge >= 0.3 is 11.9 Å². The number of benzene rings is 1. The van der Waals surface area contributed by atoms with Gasteiger partial charge in [0, 0.05) is 0 Å². The van der Waals surface area contributed by atoms with Crippen LogP contribution in [-0.2, 0) is 25.7 Å². The number of hydrogen-bond donors (Lipinski definition) is 0. The van der Waals surface area contributed by atoms with Crippen LogP contribution in [0.1, 0.15) is 53.5 Å². The molecular formula is C19H28O4. The first kappa shape index (κ1) is 19.2. The van der Waals surface area contributed by atoms with Gasteiger partial charge in [-0.1, -0.05) is 44.2 Å². The molecule has 0 aliphatic rings. The SMILES string of the molecule is CC(C)C[C@](C)(C(=O)OCc1ccccc1)C(=O)OC(C)(C)C. The van der Waals surface area contributed by atoms with Crippen LogP contribution in [0.2, 0.25) is 0 Å². The molecule has 1 aromatic carbocycles. The average molecular weight is 320 g/mol. The number of esters is 2. The molecule has 0 N–H and O–H groups in total. The molecule has 0 heterocycles. The Balaban J connectivity index is 2.86. The summed E-state index contributed by atoms with van der Waals surface area (Å²) in [7, 11) is 0. The fourth-order valence-electron chi connectivity index (χ4n) is 2.34. The van der Waals surface area contributed by atoms with Gasteiger partial charge in [-0.3, -0.25) is 9.59 Å². The van der Waals surface area contributed by atoms with Crippen molar-refractivity contribution in [2.75, 3.05) is 0 Å². The van der Waals surface area contributed by atoms with E-state index in [0.29, 0.717) is 6.42 Å². The highest BCUT2D eigenvalue weighted by atomic mass is 16.6. The minimum atomic E-state index is -1.30. The zero-order valence-corrected chi connectivity index (χ0v) is 15.0. The summed E-state index contributed by atoms with van der Waals surface area (Å²) in [5.74, 6) is -0.905. The Hall–Kier alpha value is -1.84. The van der Waals surface area contributed by atoms with Gasteiger partial charge in [0.05, 0.1) is 0 Å². The highest BCUT2D eigenvalue weighted by Crippen LogP contribution is 2.31. The van der Waals surface area contributed by atoms with E-state index in [1.54, 1.807) is 27.7 Å². The predicted molar refractivity (Wildman–Crippen MR) is 89.6 cm³/mol. The van der Waals surface area contributed by atoms with E-state index in [0.717, 1.165) is 5.56 Å². The number of rotatable bonds is 6. The zero-order valence-electron chi connectivity index (χ0n) is 15.0. The lowest BCUT2D eigenvalue weighted by Crippen LogP contribution is -2.43. The van der Waals surface area contributed by atoms with Crippen molar-refractivity contribution in [2.45, 2.75) is 60.2 Å². The fourth-order valence-corrected chi connectivity index (χ4v) is 2.34. The Morgan fingerprint density at radius 2 is 1.57 bits per heavy atom. The Bertz CT molecular complexity index is 528. The maximum absolute atomic E-state index is 12.6. The molecule has 0 aliphatic heterocycles. The molecular weight excluding hydrogens is 292 g/mol. The summed E-state index contributed by atoms with van der Waals surface area (Å²) in [6, 6.07) is 9.41. The standard InChI is InChI=1S/C19H28O4/c1-14(2)12-19(6,17(21)23-18(3,4)5)16(20)22-13-15-10-8-7-9-11-15/h7-11,14H,12-13H2,1-6H3/t19-/m1/s1. The van der Waals surface area contributed by atoms with Crippen LogP contribution in [-0.4, -0.2) is 17.5 Å². The first-order chi connectivity index (χ1) is 10.5. The van der Waals surface area contributed by atoms with Crippen LogP contribution in [0.4, 0.5) is 0 Å². The number of hydrogen-bond acceptors (Lipinski definition) is 4. The van der Waals surface area contributed by atoms with Crippen LogP contribution in [0.3, 0.4) is 0 Å². The fraction of sp³-hybridized carbons (Fsp3) is 0.579. The van der Waals surface area contributed by atoms with Gasteiger partial charge in [-0.25, -0.2) is 0 Å². The third-order valence-corrected chi connectivity index (χ3v) is 3.33. The zero-order chi connectivity index (χ0) is 17.7. The van der Waals surface area contributed by atoms with Gasteiger partial charge in [-0.15, -0.1) is 0 Å². The smallest absolute Gasteiger partial charge is 0.323 e. The second-order valence-corrected chi connectivity index (χ2v) is 7.49. The summed E-state index contributed by atoms with van der Waals surface area (Å²) in [5.41, 5.74) is -1.05. The van der Waals surface area contributed by atoms with Crippen LogP contribution < -0.4 is 0 Å². The van der Waals surface area contributed by atoms with Gasteiger partial charge in [-0.2, -0.15) is 0 Å². The third-order valence-electron chi connectivity index (χ3n) is 3.33. The molecule has 128 valence electrons. The van der Waals surface area contributed by atoms with Crippen molar-refractivity contribution in [3.8, 4) is 0 Å². The van der Waals surface area contributed by atoms with Crippen molar-refractivity contribution in [2.24, 2.45) is 11.3 Å². The molecule has 0 bridgehead atoms. The topological polar surface area (TPSA) is 52.6 Å². The van der Waals surface area contributed by atoms with Gasteiger partial charge in [0.15, 0.2) is 5.41 Å². The number of ether oxygens (including phenoxy) is 2. The lowest BCUT2D eigenvalue weighted by Gasteiger charge is -2.30. The van der Waals surface area contributed by atoms with E-state index in [1.165, 1.54) is 0 Å². The molecule has 0 saturated heterocycles. The molecule has 0 fully saturated rings. The maximum Gasteiger partial charge on any atom is 0.323 e. The van der Waals surface area contributed by atoms with Crippen LogP contribution in [0, 0.1) is 11.3 Å². The third kappa shape index (κ3) is 6.05. The summed E-state index contributed by atoms with van der Waals surface area (Å²) >= 11 is 0. The van der Waals surface area contributed by atoms with Crippen molar-refractivity contribution in [3.63, 3.8) is 0 Å².